The zero-order valence-corrected chi connectivity index (χ0v) is 14.3. The Morgan fingerprint density at radius 2 is 2.17 bits per heavy atom. The monoisotopic (exact) mass is 334 g/mol. The Bertz CT molecular complexity index is 632. The number of carbonyl (C=O) groups excluding carboxylic acids is 1. The molecular formula is C15H22N6OS. The van der Waals surface area contributed by atoms with E-state index in [0.29, 0.717) is 0 Å². The molecule has 1 aliphatic rings. The lowest BCUT2D eigenvalue weighted by Gasteiger charge is -2.36. The molecule has 7 nitrogen and oxygen atoms in total. The van der Waals surface area contributed by atoms with Crippen LogP contribution >= 0.6 is 11.3 Å². The van der Waals surface area contributed by atoms with E-state index in [4.69, 9.17) is 0 Å². The molecular weight excluding hydrogens is 312 g/mol. The summed E-state index contributed by atoms with van der Waals surface area (Å²) in [6, 6.07) is -0.325. The predicted molar refractivity (Wildman–Crippen MR) is 89.0 cm³/mol. The molecule has 8 heteroatoms. The number of rotatable bonds is 5. The molecule has 3 rings (SSSR count). The molecule has 1 amide bonds. The first-order valence-electron chi connectivity index (χ1n) is 7.71. The van der Waals surface area contributed by atoms with Gasteiger partial charge in [-0.1, -0.05) is 0 Å². The second-order valence-corrected chi connectivity index (χ2v) is 6.47. The molecule has 1 saturated heterocycles. The molecule has 0 saturated carbocycles. The molecule has 2 aromatic rings. The van der Waals surface area contributed by atoms with Crippen LogP contribution in [0.2, 0.25) is 0 Å². The minimum Gasteiger partial charge on any atom is -0.338 e. The SMILES string of the molecule is CNC(C(=O)N1CCN(Cc2cscn2)CC1)c1cnn(C)c1. The number of carbonyl (C=O) groups is 1. The predicted octanol–water partition coefficient (Wildman–Crippen LogP) is 0.481. The maximum Gasteiger partial charge on any atom is 0.244 e. The van der Waals surface area contributed by atoms with Gasteiger partial charge in [-0.2, -0.15) is 5.10 Å². The lowest BCUT2D eigenvalue weighted by molar-refractivity contribution is -0.135. The van der Waals surface area contributed by atoms with Crippen LogP contribution in [-0.4, -0.2) is 63.7 Å². The Balaban J connectivity index is 1.56. The molecule has 0 bridgehead atoms. The molecule has 23 heavy (non-hydrogen) atoms. The summed E-state index contributed by atoms with van der Waals surface area (Å²) in [4.78, 5) is 21.4. The third kappa shape index (κ3) is 3.77. The van der Waals surface area contributed by atoms with Gasteiger partial charge in [0, 0.05) is 56.9 Å². The Hall–Kier alpha value is -1.77. The fourth-order valence-corrected chi connectivity index (χ4v) is 3.43. The van der Waals surface area contributed by atoms with Gasteiger partial charge in [0.1, 0.15) is 6.04 Å². The number of nitrogens with zero attached hydrogens (tertiary/aromatic N) is 5. The Morgan fingerprint density at radius 3 is 2.74 bits per heavy atom. The molecule has 0 radical (unpaired) electrons. The standard InChI is InChI=1S/C15H22N6OS/c1-16-14(12-7-18-19(2)8-12)15(22)21-5-3-20(4-6-21)9-13-10-23-11-17-13/h7-8,10-11,14,16H,3-6,9H2,1-2H3. The Morgan fingerprint density at radius 1 is 1.39 bits per heavy atom. The van der Waals surface area contributed by atoms with Crippen molar-refractivity contribution in [2.45, 2.75) is 12.6 Å². The van der Waals surface area contributed by atoms with Crippen molar-refractivity contribution in [2.75, 3.05) is 33.2 Å². The lowest BCUT2D eigenvalue weighted by Crippen LogP contribution is -2.51. The van der Waals surface area contributed by atoms with Crippen molar-refractivity contribution >= 4 is 17.2 Å². The van der Waals surface area contributed by atoms with E-state index < -0.39 is 0 Å². The van der Waals surface area contributed by atoms with E-state index in [2.05, 4.69) is 25.7 Å². The van der Waals surface area contributed by atoms with Gasteiger partial charge in [0.2, 0.25) is 5.91 Å². The van der Waals surface area contributed by atoms with Gasteiger partial charge >= 0.3 is 0 Å². The lowest BCUT2D eigenvalue weighted by atomic mass is 10.1. The number of amides is 1. The highest BCUT2D eigenvalue weighted by molar-refractivity contribution is 7.07. The maximum atomic E-state index is 12.8. The van der Waals surface area contributed by atoms with Crippen LogP contribution in [0.5, 0.6) is 0 Å². The van der Waals surface area contributed by atoms with Gasteiger partial charge in [-0.05, 0) is 7.05 Å². The second-order valence-electron chi connectivity index (χ2n) is 5.75. The van der Waals surface area contributed by atoms with Crippen molar-refractivity contribution in [3.05, 3.63) is 34.5 Å². The normalized spacial score (nSPS) is 17.4. The van der Waals surface area contributed by atoms with Crippen LogP contribution < -0.4 is 5.32 Å². The Labute approximate surface area is 139 Å². The van der Waals surface area contributed by atoms with Crippen molar-refractivity contribution in [3.63, 3.8) is 0 Å². The van der Waals surface area contributed by atoms with E-state index in [9.17, 15) is 4.79 Å². The fraction of sp³-hybridized carbons (Fsp3) is 0.533. The molecule has 3 heterocycles. The summed E-state index contributed by atoms with van der Waals surface area (Å²) in [6.45, 7) is 4.13. The van der Waals surface area contributed by atoms with E-state index in [-0.39, 0.29) is 11.9 Å². The van der Waals surface area contributed by atoms with Gasteiger partial charge in [0.05, 0.1) is 17.4 Å². The van der Waals surface area contributed by atoms with Crippen molar-refractivity contribution in [1.29, 1.82) is 0 Å². The van der Waals surface area contributed by atoms with E-state index in [1.54, 1.807) is 22.2 Å². The van der Waals surface area contributed by atoms with E-state index in [1.807, 2.05) is 30.7 Å². The second kappa shape index (κ2) is 7.20. The van der Waals surface area contributed by atoms with Crippen molar-refractivity contribution in [3.8, 4) is 0 Å². The van der Waals surface area contributed by atoms with Crippen LogP contribution in [-0.2, 0) is 18.4 Å². The number of piperazine rings is 1. The van der Waals surface area contributed by atoms with Crippen LogP contribution in [0.1, 0.15) is 17.3 Å². The molecule has 1 unspecified atom stereocenters. The van der Waals surface area contributed by atoms with Crippen molar-refractivity contribution < 1.29 is 4.79 Å². The number of aryl methyl sites for hydroxylation is 1. The number of hydrogen-bond acceptors (Lipinski definition) is 6. The average molecular weight is 334 g/mol. The third-order valence-electron chi connectivity index (χ3n) is 4.15. The van der Waals surface area contributed by atoms with Crippen LogP contribution in [0.4, 0.5) is 0 Å². The van der Waals surface area contributed by atoms with Crippen molar-refractivity contribution in [1.82, 2.24) is 29.9 Å². The molecule has 1 aliphatic heterocycles. The summed E-state index contributed by atoms with van der Waals surface area (Å²) >= 11 is 1.62. The quantitative estimate of drug-likeness (QED) is 0.862. The van der Waals surface area contributed by atoms with Gasteiger partial charge in [-0.3, -0.25) is 14.4 Å². The van der Waals surface area contributed by atoms with Gasteiger partial charge < -0.3 is 10.2 Å². The molecule has 1 N–H and O–H groups in total. The van der Waals surface area contributed by atoms with Crippen LogP contribution in [0, 0.1) is 0 Å². The van der Waals surface area contributed by atoms with E-state index >= 15 is 0 Å². The highest BCUT2D eigenvalue weighted by atomic mass is 32.1. The first kappa shape index (κ1) is 16.1. The number of aromatic nitrogens is 3. The molecule has 0 spiro atoms. The summed E-state index contributed by atoms with van der Waals surface area (Å²) in [7, 11) is 3.67. The smallest absolute Gasteiger partial charge is 0.244 e. The van der Waals surface area contributed by atoms with Gasteiger partial charge in [-0.15, -0.1) is 11.3 Å². The van der Waals surface area contributed by atoms with Gasteiger partial charge in [0.25, 0.3) is 0 Å². The molecule has 0 aliphatic carbocycles. The van der Waals surface area contributed by atoms with Gasteiger partial charge in [-0.25, -0.2) is 4.98 Å². The van der Waals surface area contributed by atoms with Gasteiger partial charge in [0.15, 0.2) is 0 Å². The highest BCUT2D eigenvalue weighted by Gasteiger charge is 2.28. The minimum absolute atomic E-state index is 0.119. The van der Waals surface area contributed by atoms with E-state index in [1.165, 1.54) is 0 Å². The first-order chi connectivity index (χ1) is 11.2. The van der Waals surface area contributed by atoms with Crippen LogP contribution in [0.25, 0.3) is 0 Å². The fourth-order valence-electron chi connectivity index (χ4n) is 2.88. The summed E-state index contributed by atoms with van der Waals surface area (Å²) in [6.07, 6.45) is 3.63. The number of likely N-dealkylation sites (N-methyl/N-ethyl adjacent to an activating group) is 1. The summed E-state index contributed by atoms with van der Waals surface area (Å²) in [5.74, 6) is 0.119. The number of hydrogen-bond donors (Lipinski definition) is 1. The summed E-state index contributed by atoms with van der Waals surface area (Å²) < 4.78 is 1.72. The summed E-state index contributed by atoms with van der Waals surface area (Å²) in [5.41, 5.74) is 3.88. The van der Waals surface area contributed by atoms with Crippen LogP contribution in [0.15, 0.2) is 23.3 Å². The summed E-state index contributed by atoms with van der Waals surface area (Å²) in [5, 5.41) is 9.35. The third-order valence-corrected chi connectivity index (χ3v) is 4.78. The average Bonchev–Trinajstić information content (AvgIpc) is 3.21. The first-order valence-corrected chi connectivity index (χ1v) is 8.65. The number of nitrogens with one attached hydrogen (secondary N) is 1. The van der Waals surface area contributed by atoms with Crippen LogP contribution in [0.3, 0.4) is 0 Å². The zero-order valence-electron chi connectivity index (χ0n) is 13.5. The van der Waals surface area contributed by atoms with Crippen molar-refractivity contribution in [2.24, 2.45) is 7.05 Å². The molecule has 0 aromatic carbocycles. The molecule has 1 fully saturated rings. The topological polar surface area (TPSA) is 66.3 Å². The zero-order chi connectivity index (χ0) is 16.2. The van der Waals surface area contributed by atoms with E-state index in [0.717, 1.165) is 44.0 Å². The minimum atomic E-state index is -0.325. The number of thiazole rings is 1. The molecule has 1 atom stereocenters. The molecule has 2 aromatic heterocycles. The largest absolute Gasteiger partial charge is 0.338 e. The Kier molecular flexibility index (Phi) is 5.04. The maximum absolute atomic E-state index is 12.8. The highest BCUT2D eigenvalue weighted by Crippen LogP contribution is 2.17. The molecule has 124 valence electrons.